The van der Waals surface area contributed by atoms with E-state index in [1.807, 2.05) is 86.5 Å². The number of hydrogen-bond acceptors (Lipinski definition) is 2. The van der Waals surface area contributed by atoms with E-state index >= 15 is 0 Å². The number of benzene rings is 3. The zero-order valence-corrected chi connectivity index (χ0v) is 23.2. The van der Waals surface area contributed by atoms with E-state index in [1.165, 1.54) is 0 Å². The van der Waals surface area contributed by atoms with Crippen molar-refractivity contribution >= 4 is 33.4 Å². The number of carbonyl (C=O) groups excluding carboxylic acids is 2. The van der Waals surface area contributed by atoms with Crippen LogP contribution in [0.5, 0.6) is 0 Å². The molecule has 3 rings (SSSR count). The number of likely N-dealkylation sites (N-methyl/N-ethyl adjacent to an activating group) is 1. The highest BCUT2D eigenvalue weighted by molar-refractivity contribution is 9.10. The summed E-state index contributed by atoms with van der Waals surface area (Å²) in [6.07, 6.45) is 3.76. The van der Waals surface area contributed by atoms with Gasteiger partial charge in [-0.25, -0.2) is 0 Å². The van der Waals surface area contributed by atoms with E-state index in [0.29, 0.717) is 12.8 Å². The monoisotopic (exact) mass is 548 g/mol. The fourth-order valence-corrected chi connectivity index (χ4v) is 5.50. The number of amides is 2. The molecule has 3 aromatic carbocycles. The Hall–Kier alpha value is -2.92. The maximum atomic E-state index is 14.5. The number of nitrogens with zero attached hydrogens (tertiary/aromatic N) is 2. The molecule has 36 heavy (non-hydrogen) atoms. The number of anilines is 1. The molecule has 0 saturated carbocycles. The van der Waals surface area contributed by atoms with E-state index in [-0.39, 0.29) is 11.8 Å². The van der Waals surface area contributed by atoms with Crippen molar-refractivity contribution in [3.63, 3.8) is 0 Å². The lowest BCUT2D eigenvalue weighted by Crippen LogP contribution is -2.46. The van der Waals surface area contributed by atoms with Crippen LogP contribution in [-0.2, 0) is 15.0 Å². The summed E-state index contributed by atoms with van der Waals surface area (Å²) < 4.78 is 0.880. The minimum absolute atomic E-state index is 0.0333. The van der Waals surface area contributed by atoms with Crippen LogP contribution < -0.4 is 4.90 Å². The summed E-state index contributed by atoms with van der Waals surface area (Å²) in [6, 6.07) is 28.0. The second-order valence-electron chi connectivity index (χ2n) is 9.08. The lowest BCUT2D eigenvalue weighted by molar-refractivity contribution is -0.131. The molecule has 5 heteroatoms. The third-order valence-corrected chi connectivity index (χ3v) is 7.65. The molecule has 0 saturated heterocycles. The molecule has 0 aliphatic heterocycles. The van der Waals surface area contributed by atoms with Crippen molar-refractivity contribution < 1.29 is 9.59 Å². The van der Waals surface area contributed by atoms with E-state index in [2.05, 4.69) is 40.2 Å². The van der Waals surface area contributed by atoms with Gasteiger partial charge in [0, 0.05) is 31.0 Å². The molecule has 0 bridgehead atoms. The van der Waals surface area contributed by atoms with Crippen molar-refractivity contribution in [3.05, 3.63) is 101 Å². The van der Waals surface area contributed by atoms with Crippen LogP contribution in [0, 0.1) is 0 Å². The number of halogens is 1. The molecule has 2 amide bonds. The second kappa shape index (κ2) is 13.4. The van der Waals surface area contributed by atoms with Crippen molar-refractivity contribution in [1.29, 1.82) is 0 Å². The SMILES string of the molecule is CCN(CC)C(=O)CCCCCC(C(=O)N(C)c1ccccc1Br)(c1ccccc1)c1ccccc1. The predicted octanol–water partition coefficient (Wildman–Crippen LogP) is 7.22. The standard InChI is InChI=1S/C31H37BrN2O2/c1-4-34(5-2)29(35)23-13-8-16-24-31(25-17-9-6-10-18-25,26-19-11-7-12-20-26)30(36)33(3)28-22-15-14-21-27(28)32/h6-7,9-12,14-15,17-22H,4-5,8,13,16,23-24H2,1-3H3. The van der Waals surface area contributed by atoms with Crippen LogP contribution in [-0.4, -0.2) is 36.9 Å². The maximum absolute atomic E-state index is 14.5. The van der Waals surface area contributed by atoms with Gasteiger partial charge < -0.3 is 9.80 Å². The molecular weight excluding hydrogens is 512 g/mol. The van der Waals surface area contributed by atoms with Crippen molar-refractivity contribution in [2.24, 2.45) is 0 Å². The van der Waals surface area contributed by atoms with Crippen molar-refractivity contribution in [1.82, 2.24) is 4.90 Å². The number of para-hydroxylation sites is 1. The van der Waals surface area contributed by atoms with Crippen molar-refractivity contribution in [3.8, 4) is 0 Å². The molecule has 3 aromatic rings. The van der Waals surface area contributed by atoms with Gasteiger partial charge in [0.15, 0.2) is 0 Å². The number of unbranched alkanes of at least 4 members (excludes halogenated alkanes) is 2. The Kier molecular flexibility index (Phi) is 10.3. The van der Waals surface area contributed by atoms with Crippen LogP contribution in [0.2, 0.25) is 0 Å². The molecule has 0 N–H and O–H groups in total. The smallest absolute Gasteiger partial charge is 0.241 e. The molecule has 4 nitrogen and oxygen atoms in total. The average molecular weight is 550 g/mol. The van der Waals surface area contributed by atoms with Crippen LogP contribution in [0.3, 0.4) is 0 Å². The molecular formula is C31H37BrN2O2. The van der Waals surface area contributed by atoms with Crippen LogP contribution in [0.1, 0.15) is 57.1 Å². The quantitative estimate of drug-likeness (QED) is 0.224. The van der Waals surface area contributed by atoms with Crippen LogP contribution in [0.4, 0.5) is 5.69 Å². The van der Waals surface area contributed by atoms with Gasteiger partial charge in [-0.3, -0.25) is 9.59 Å². The van der Waals surface area contributed by atoms with E-state index in [1.54, 1.807) is 4.90 Å². The summed E-state index contributed by atoms with van der Waals surface area (Å²) in [5.41, 5.74) is 1.97. The first-order valence-electron chi connectivity index (χ1n) is 12.9. The zero-order chi connectivity index (χ0) is 26.0. The molecule has 0 unspecified atom stereocenters. The summed E-state index contributed by atoms with van der Waals surface area (Å²) in [5, 5.41) is 0. The van der Waals surface area contributed by atoms with Crippen molar-refractivity contribution in [2.75, 3.05) is 25.0 Å². The fourth-order valence-electron chi connectivity index (χ4n) is 4.95. The Bertz CT molecular complexity index is 1070. The lowest BCUT2D eigenvalue weighted by Gasteiger charge is -2.37. The van der Waals surface area contributed by atoms with Gasteiger partial charge in [-0.05, 0) is 65.9 Å². The van der Waals surface area contributed by atoms with Crippen LogP contribution in [0.15, 0.2) is 89.4 Å². The Morgan fingerprint density at radius 1 is 0.750 bits per heavy atom. The molecule has 0 spiro atoms. The lowest BCUT2D eigenvalue weighted by atomic mass is 9.69. The minimum Gasteiger partial charge on any atom is -0.343 e. The summed E-state index contributed by atoms with van der Waals surface area (Å²) in [4.78, 5) is 30.6. The second-order valence-corrected chi connectivity index (χ2v) is 9.93. The molecule has 0 aliphatic carbocycles. The molecule has 0 heterocycles. The average Bonchev–Trinajstić information content (AvgIpc) is 2.92. The Labute approximate surface area is 224 Å². The van der Waals surface area contributed by atoms with Crippen LogP contribution in [0.25, 0.3) is 0 Å². The van der Waals surface area contributed by atoms with E-state index < -0.39 is 5.41 Å². The predicted molar refractivity (Wildman–Crippen MR) is 152 cm³/mol. The molecule has 0 fully saturated rings. The molecule has 0 atom stereocenters. The third kappa shape index (κ3) is 6.25. The third-order valence-electron chi connectivity index (χ3n) is 6.98. The Morgan fingerprint density at radius 3 is 1.81 bits per heavy atom. The van der Waals surface area contributed by atoms with Gasteiger partial charge in [-0.2, -0.15) is 0 Å². The zero-order valence-electron chi connectivity index (χ0n) is 21.6. The highest BCUT2D eigenvalue weighted by Gasteiger charge is 2.43. The molecule has 0 aromatic heterocycles. The van der Waals surface area contributed by atoms with Gasteiger partial charge in [-0.1, -0.05) is 85.6 Å². The first-order valence-corrected chi connectivity index (χ1v) is 13.7. The Morgan fingerprint density at radius 2 is 1.28 bits per heavy atom. The van der Waals surface area contributed by atoms with Gasteiger partial charge in [0.05, 0.1) is 11.1 Å². The minimum atomic E-state index is -0.838. The molecule has 190 valence electrons. The first kappa shape index (κ1) is 27.7. The van der Waals surface area contributed by atoms with Gasteiger partial charge >= 0.3 is 0 Å². The van der Waals surface area contributed by atoms with Gasteiger partial charge in [0.25, 0.3) is 0 Å². The highest BCUT2D eigenvalue weighted by atomic mass is 79.9. The highest BCUT2D eigenvalue weighted by Crippen LogP contribution is 2.41. The van der Waals surface area contributed by atoms with E-state index in [0.717, 1.165) is 53.6 Å². The maximum Gasteiger partial charge on any atom is 0.241 e. The molecule has 0 aliphatic rings. The van der Waals surface area contributed by atoms with Crippen molar-refractivity contribution in [2.45, 2.75) is 51.4 Å². The topological polar surface area (TPSA) is 40.6 Å². The normalized spacial score (nSPS) is 11.2. The van der Waals surface area contributed by atoms with Gasteiger partial charge in [0.1, 0.15) is 0 Å². The number of hydrogen-bond donors (Lipinski definition) is 0. The van der Waals surface area contributed by atoms with Crippen LogP contribution >= 0.6 is 15.9 Å². The van der Waals surface area contributed by atoms with Gasteiger partial charge in [0.2, 0.25) is 11.8 Å². The fraction of sp³-hybridized carbons (Fsp3) is 0.355. The number of rotatable bonds is 12. The summed E-state index contributed by atoms with van der Waals surface area (Å²) in [5.74, 6) is 0.244. The van der Waals surface area contributed by atoms with E-state index in [4.69, 9.17) is 0 Å². The Balaban J connectivity index is 1.93. The van der Waals surface area contributed by atoms with E-state index in [9.17, 15) is 9.59 Å². The summed E-state index contributed by atoms with van der Waals surface area (Å²) in [7, 11) is 1.85. The summed E-state index contributed by atoms with van der Waals surface area (Å²) >= 11 is 3.62. The number of carbonyl (C=O) groups is 2. The molecule has 0 radical (unpaired) electrons. The summed E-state index contributed by atoms with van der Waals surface area (Å²) in [6.45, 7) is 5.53. The van der Waals surface area contributed by atoms with Gasteiger partial charge in [-0.15, -0.1) is 0 Å². The first-order chi connectivity index (χ1) is 17.5. The largest absolute Gasteiger partial charge is 0.343 e.